The molecule has 1 fully saturated rings. The summed E-state index contributed by atoms with van der Waals surface area (Å²) in [6.07, 6.45) is 2.54. The van der Waals surface area contributed by atoms with Crippen LogP contribution in [0, 0.1) is 12.8 Å². The van der Waals surface area contributed by atoms with Crippen LogP contribution in [0.5, 0.6) is 0 Å². The predicted octanol–water partition coefficient (Wildman–Crippen LogP) is 4.50. The highest BCUT2D eigenvalue weighted by molar-refractivity contribution is 7.12. The zero-order chi connectivity index (χ0) is 17.1. The van der Waals surface area contributed by atoms with E-state index in [1.807, 2.05) is 11.3 Å². The monoisotopic (exact) mass is 343 g/mol. The van der Waals surface area contributed by atoms with Gasteiger partial charge < -0.3 is 5.11 Å². The van der Waals surface area contributed by atoms with Gasteiger partial charge in [-0.25, -0.2) is 0 Å². The van der Waals surface area contributed by atoms with Crippen molar-refractivity contribution in [3.63, 3.8) is 0 Å². The number of hydrogen-bond donors (Lipinski definition) is 1. The first kappa shape index (κ1) is 17.2. The highest BCUT2D eigenvalue weighted by atomic mass is 32.1. The number of thiophene rings is 1. The Morgan fingerprint density at radius 3 is 2.42 bits per heavy atom. The van der Waals surface area contributed by atoms with E-state index in [1.54, 1.807) is 0 Å². The first-order chi connectivity index (χ1) is 11.6. The highest BCUT2D eigenvalue weighted by Crippen LogP contribution is 2.36. The Balaban J connectivity index is 1.87. The molecule has 0 aliphatic carbocycles. The van der Waals surface area contributed by atoms with E-state index < -0.39 is 5.97 Å². The van der Waals surface area contributed by atoms with E-state index in [-0.39, 0.29) is 12.0 Å². The maximum atomic E-state index is 11.2. The number of benzene rings is 1. The SMILES string of the molecule is CCc1ccc(C(c2ccc(C)cc2)N2CCC(C(=O)O)CC2)s1. The summed E-state index contributed by atoms with van der Waals surface area (Å²) < 4.78 is 0. The van der Waals surface area contributed by atoms with Gasteiger partial charge in [-0.05, 0) is 57.0 Å². The molecule has 1 aromatic carbocycles. The van der Waals surface area contributed by atoms with Gasteiger partial charge in [-0.15, -0.1) is 11.3 Å². The number of likely N-dealkylation sites (tertiary alicyclic amines) is 1. The van der Waals surface area contributed by atoms with Crippen molar-refractivity contribution in [1.29, 1.82) is 0 Å². The van der Waals surface area contributed by atoms with Crippen molar-refractivity contribution in [3.8, 4) is 0 Å². The molecule has 3 nitrogen and oxygen atoms in total. The van der Waals surface area contributed by atoms with Crippen molar-refractivity contribution in [2.45, 2.75) is 39.2 Å². The molecule has 1 atom stereocenters. The second-order valence-corrected chi connectivity index (χ2v) is 7.82. The summed E-state index contributed by atoms with van der Waals surface area (Å²) in [5, 5.41) is 9.25. The third kappa shape index (κ3) is 3.70. The summed E-state index contributed by atoms with van der Waals surface area (Å²) in [5.74, 6) is -0.833. The van der Waals surface area contributed by atoms with E-state index in [0.29, 0.717) is 0 Å². The zero-order valence-corrected chi connectivity index (χ0v) is 15.2. The number of carbonyl (C=O) groups is 1. The Kier molecular flexibility index (Phi) is 5.36. The largest absolute Gasteiger partial charge is 0.481 e. The first-order valence-electron chi connectivity index (χ1n) is 8.70. The van der Waals surface area contributed by atoms with Crippen molar-refractivity contribution in [2.75, 3.05) is 13.1 Å². The van der Waals surface area contributed by atoms with E-state index in [4.69, 9.17) is 0 Å². The van der Waals surface area contributed by atoms with Crippen molar-refractivity contribution in [3.05, 3.63) is 57.3 Å². The molecule has 128 valence electrons. The Bertz CT molecular complexity index is 684. The van der Waals surface area contributed by atoms with Crippen molar-refractivity contribution in [1.82, 2.24) is 4.90 Å². The second-order valence-electron chi connectivity index (χ2n) is 6.62. The van der Waals surface area contributed by atoms with Gasteiger partial charge in [0.2, 0.25) is 0 Å². The molecule has 1 aliphatic rings. The van der Waals surface area contributed by atoms with Gasteiger partial charge in [0.25, 0.3) is 0 Å². The molecule has 0 amide bonds. The van der Waals surface area contributed by atoms with Crippen LogP contribution in [0.25, 0.3) is 0 Å². The zero-order valence-electron chi connectivity index (χ0n) is 14.4. The van der Waals surface area contributed by atoms with Gasteiger partial charge >= 0.3 is 5.97 Å². The molecule has 1 aromatic heterocycles. The number of aryl methyl sites for hydroxylation is 2. The maximum Gasteiger partial charge on any atom is 0.306 e. The lowest BCUT2D eigenvalue weighted by Gasteiger charge is -2.36. The molecule has 24 heavy (non-hydrogen) atoms. The van der Waals surface area contributed by atoms with Gasteiger partial charge in [0.05, 0.1) is 12.0 Å². The van der Waals surface area contributed by atoms with Crippen LogP contribution >= 0.6 is 11.3 Å². The van der Waals surface area contributed by atoms with Crippen LogP contribution in [0.1, 0.15) is 46.7 Å². The first-order valence-corrected chi connectivity index (χ1v) is 9.52. The standard InChI is InChI=1S/C20H25NO2S/c1-3-17-8-9-18(24-17)19(15-6-4-14(2)5-7-15)21-12-10-16(11-13-21)20(22)23/h4-9,16,19H,3,10-13H2,1-2H3,(H,22,23). The summed E-state index contributed by atoms with van der Waals surface area (Å²) in [6, 6.07) is 13.5. The number of rotatable bonds is 5. The molecule has 0 radical (unpaired) electrons. The number of piperidine rings is 1. The molecule has 1 N–H and O–H groups in total. The molecular weight excluding hydrogens is 318 g/mol. The fourth-order valence-electron chi connectivity index (χ4n) is 3.44. The Hall–Kier alpha value is -1.65. The number of carboxylic acid groups (broad SMARTS) is 1. The Morgan fingerprint density at radius 1 is 1.21 bits per heavy atom. The molecule has 2 heterocycles. The van der Waals surface area contributed by atoms with Gasteiger partial charge in [-0.1, -0.05) is 36.8 Å². The van der Waals surface area contributed by atoms with Crippen LogP contribution in [-0.2, 0) is 11.2 Å². The summed E-state index contributed by atoms with van der Waals surface area (Å²) in [4.78, 5) is 16.5. The minimum absolute atomic E-state index is 0.186. The van der Waals surface area contributed by atoms with Crippen molar-refractivity contribution >= 4 is 17.3 Å². The number of nitrogens with zero attached hydrogens (tertiary/aromatic N) is 1. The average molecular weight is 343 g/mol. The van der Waals surface area contributed by atoms with Gasteiger partial charge in [-0.2, -0.15) is 0 Å². The van der Waals surface area contributed by atoms with E-state index in [2.05, 4.69) is 55.1 Å². The molecule has 0 saturated carbocycles. The van der Waals surface area contributed by atoms with E-state index in [0.717, 1.165) is 32.4 Å². The smallest absolute Gasteiger partial charge is 0.306 e. The second kappa shape index (κ2) is 7.49. The van der Waals surface area contributed by atoms with Gasteiger partial charge in [0.15, 0.2) is 0 Å². The molecule has 1 unspecified atom stereocenters. The van der Waals surface area contributed by atoms with Crippen LogP contribution in [-0.4, -0.2) is 29.1 Å². The van der Waals surface area contributed by atoms with Gasteiger partial charge in [0, 0.05) is 9.75 Å². The minimum atomic E-state index is -0.647. The van der Waals surface area contributed by atoms with E-state index in [1.165, 1.54) is 20.9 Å². The van der Waals surface area contributed by atoms with Crippen LogP contribution in [0.15, 0.2) is 36.4 Å². The van der Waals surface area contributed by atoms with Crippen LogP contribution in [0.2, 0.25) is 0 Å². The van der Waals surface area contributed by atoms with Gasteiger partial charge in [0.1, 0.15) is 0 Å². The third-order valence-electron chi connectivity index (χ3n) is 4.94. The molecular formula is C20H25NO2S. The number of aliphatic carboxylic acids is 1. The fraction of sp³-hybridized carbons (Fsp3) is 0.450. The molecule has 1 aliphatic heterocycles. The highest BCUT2D eigenvalue weighted by Gasteiger charge is 2.30. The molecule has 0 bridgehead atoms. The lowest BCUT2D eigenvalue weighted by molar-refractivity contribution is -0.143. The summed E-state index contributed by atoms with van der Waals surface area (Å²) in [7, 11) is 0. The minimum Gasteiger partial charge on any atom is -0.481 e. The van der Waals surface area contributed by atoms with Crippen LogP contribution < -0.4 is 0 Å². The van der Waals surface area contributed by atoms with Gasteiger partial charge in [-0.3, -0.25) is 9.69 Å². The average Bonchev–Trinajstić information content (AvgIpc) is 3.06. The fourth-order valence-corrected chi connectivity index (χ4v) is 4.56. The quantitative estimate of drug-likeness (QED) is 0.868. The van der Waals surface area contributed by atoms with Crippen molar-refractivity contribution < 1.29 is 9.90 Å². The summed E-state index contributed by atoms with van der Waals surface area (Å²) >= 11 is 1.88. The molecule has 0 spiro atoms. The Morgan fingerprint density at radius 2 is 1.88 bits per heavy atom. The third-order valence-corrected chi connectivity index (χ3v) is 6.22. The van der Waals surface area contributed by atoms with Crippen LogP contribution in [0.3, 0.4) is 0 Å². The number of hydrogen-bond acceptors (Lipinski definition) is 3. The normalized spacial score (nSPS) is 17.8. The maximum absolute atomic E-state index is 11.2. The Labute approximate surface area is 147 Å². The summed E-state index contributed by atoms with van der Waals surface area (Å²) in [6.45, 7) is 5.98. The molecule has 2 aromatic rings. The molecule has 4 heteroatoms. The topological polar surface area (TPSA) is 40.5 Å². The predicted molar refractivity (Wildman–Crippen MR) is 98.7 cm³/mol. The lowest BCUT2D eigenvalue weighted by atomic mass is 9.93. The molecule has 1 saturated heterocycles. The summed E-state index contributed by atoms with van der Waals surface area (Å²) in [5.41, 5.74) is 2.57. The molecule has 3 rings (SSSR count). The van der Waals surface area contributed by atoms with Crippen LogP contribution in [0.4, 0.5) is 0 Å². The van der Waals surface area contributed by atoms with E-state index >= 15 is 0 Å². The van der Waals surface area contributed by atoms with Crippen molar-refractivity contribution in [2.24, 2.45) is 5.92 Å². The van der Waals surface area contributed by atoms with E-state index in [9.17, 15) is 9.90 Å². The lowest BCUT2D eigenvalue weighted by Crippen LogP contribution is -2.39. The number of carboxylic acids is 1.